The van der Waals surface area contributed by atoms with E-state index in [9.17, 15) is 13.2 Å². The van der Waals surface area contributed by atoms with E-state index in [1.165, 1.54) is 4.80 Å². The molecule has 3 rings (SSSR count). The van der Waals surface area contributed by atoms with Gasteiger partial charge in [-0.3, -0.25) is 0 Å². The van der Waals surface area contributed by atoms with Gasteiger partial charge in [0.1, 0.15) is 11.7 Å². The second kappa shape index (κ2) is 4.18. The molecule has 2 aromatic heterocycles. The molecule has 0 aliphatic carbocycles. The maximum absolute atomic E-state index is 12.5. The molecule has 0 bridgehead atoms. The third-order valence-electron chi connectivity index (χ3n) is 2.84. The Labute approximate surface area is 105 Å². The molecule has 3 heterocycles. The van der Waals surface area contributed by atoms with Crippen molar-refractivity contribution in [3.8, 4) is 0 Å². The Hall–Kier alpha value is -2.19. The van der Waals surface area contributed by atoms with Crippen molar-refractivity contribution in [2.45, 2.75) is 12.2 Å². The summed E-state index contributed by atoms with van der Waals surface area (Å²) in [5.74, 6) is 0.0817. The van der Waals surface area contributed by atoms with E-state index in [-0.39, 0.29) is 12.0 Å². The maximum Gasteiger partial charge on any atom is 0.433 e. The van der Waals surface area contributed by atoms with Crippen LogP contribution in [0.5, 0.6) is 0 Å². The van der Waals surface area contributed by atoms with Crippen molar-refractivity contribution >= 4 is 5.95 Å². The first kappa shape index (κ1) is 11.9. The minimum Gasteiger partial charge on any atom is -0.336 e. The molecule has 2 aromatic rings. The number of anilines is 1. The van der Waals surface area contributed by atoms with Gasteiger partial charge in [-0.15, -0.1) is 0 Å². The van der Waals surface area contributed by atoms with Crippen molar-refractivity contribution in [3.63, 3.8) is 0 Å². The molecule has 1 aliphatic heterocycles. The van der Waals surface area contributed by atoms with E-state index in [4.69, 9.17) is 0 Å². The van der Waals surface area contributed by atoms with Gasteiger partial charge in [0, 0.05) is 19.3 Å². The average molecular weight is 270 g/mol. The first-order chi connectivity index (χ1) is 9.04. The predicted molar refractivity (Wildman–Crippen MR) is 58.3 cm³/mol. The number of nitrogens with zero attached hydrogens (tertiary/aromatic N) is 6. The van der Waals surface area contributed by atoms with Gasteiger partial charge in [0.15, 0.2) is 0 Å². The second-order valence-corrected chi connectivity index (χ2v) is 4.15. The lowest BCUT2D eigenvalue weighted by Gasteiger charge is -2.38. The highest BCUT2D eigenvalue weighted by Gasteiger charge is 2.35. The minimum atomic E-state index is -4.45. The van der Waals surface area contributed by atoms with Crippen LogP contribution >= 0.6 is 0 Å². The smallest absolute Gasteiger partial charge is 0.336 e. The van der Waals surface area contributed by atoms with Crippen molar-refractivity contribution < 1.29 is 13.2 Å². The Bertz CT molecular complexity index is 561. The summed E-state index contributed by atoms with van der Waals surface area (Å²) in [4.78, 5) is 10.6. The molecule has 1 saturated heterocycles. The van der Waals surface area contributed by atoms with Gasteiger partial charge in [0.25, 0.3) is 0 Å². The van der Waals surface area contributed by atoms with Crippen molar-refractivity contribution in [1.29, 1.82) is 0 Å². The summed E-state index contributed by atoms with van der Waals surface area (Å²) in [6, 6.07) is 0.906. The summed E-state index contributed by atoms with van der Waals surface area (Å²) in [5.41, 5.74) is -0.932. The van der Waals surface area contributed by atoms with Crippen LogP contribution in [-0.4, -0.2) is 38.1 Å². The lowest BCUT2D eigenvalue weighted by atomic mass is 10.1. The highest BCUT2D eigenvalue weighted by atomic mass is 19.4. The summed E-state index contributed by atoms with van der Waals surface area (Å²) < 4.78 is 37.6. The van der Waals surface area contributed by atoms with Crippen LogP contribution in [0, 0.1) is 0 Å². The molecule has 1 aliphatic rings. The first-order valence-electron chi connectivity index (χ1n) is 5.55. The number of hydrogen-bond acceptors (Lipinski definition) is 5. The van der Waals surface area contributed by atoms with Gasteiger partial charge in [-0.05, 0) is 6.07 Å². The van der Waals surface area contributed by atoms with Crippen LogP contribution in [-0.2, 0) is 6.18 Å². The molecule has 9 heteroatoms. The molecule has 0 spiro atoms. The number of halogens is 3. The zero-order chi connectivity index (χ0) is 13.5. The Kier molecular flexibility index (Phi) is 2.61. The van der Waals surface area contributed by atoms with E-state index >= 15 is 0 Å². The topological polar surface area (TPSA) is 59.7 Å². The van der Waals surface area contributed by atoms with Gasteiger partial charge in [0.2, 0.25) is 5.95 Å². The van der Waals surface area contributed by atoms with E-state index in [0.29, 0.717) is 13.1 Å². The van der Waals surface area contributed by atoms with Gasteiger partial charge in [0.05, 0.1) is 12.4 Å². The minimum absolute atomic E-state index is 0.0492. The molecule has 0 unspecified atom stereocenters. The average Bonchev–Trinajstić information content (AvgIpc) is 2.80. The predicted octanol–water partition coefficient (Wildman–Crippen LogP) is 1.15. The lowest BCUT2D eigenvalue weighted by Crippen LogP contribution is -2.49. The highest BCUT2D eigenvalue weighted by molar-refractivity contribution is 5.35. The van der Waals surface area contributed by atoms with Crippen molar-refractivity contribution in [2.75, 3.05) is 18.0 Å². The standard InChI is InChI=1S/C10H9F3N6/c11-10(12,13)8-1-2-14-9(17-8)18-5-7(6-18)19-15-3-4-16-19/h1-4,7H,5-6H2. The van der Waals surface area contributed by atoms with Crippen LogP contribution < -0.4 is 4.90 Å². The van der Waals surface area contributed by atoms with Crippen molar-refractivity contribution in [3.05, 3.63) is 30.4 Å². The van der Waals surface area contributed by atoms with Crippen LogP contribution in [0.15, 0.2) is 24.7 Å². The van der Waals surface area contributed by atoms with Crippen LogP contribution in [0.2, 0.25) is 0 Å². The fourth-order valence-corrected chi connectivity index (χ4v) is 1.84. The SMILES string of the molecule is FC(F)(F)c1ccnc(N2CC(n3nccn3)C2)n1. The molecule has 0 radical (unpaired) electrons. The molecular weight excluding hydrogens is 261 g/mol. The van der Waals surface area contributed by atoms with E-state index in [1.807, 2.05) is 0 Å². The fraction of sp³-hybridized carbons (Fsp3) is 0.400. The second-order valence-electron chi connectivity index (χ2n) is 4.15. The van der Waals surface area contributed by atoms with E-state index in [0.717, 1.165) is 12.3 Å². The molecule has 19 heavy (non-hydrogen) atoms. The van der Waals surface area contributed by atoms with Gasteiger partial charge < -0.3 is 4.90 Å². The normalized spacial score (nSPS) is 16.5. The molecule has 0 N–H and O–H groups in total. The summed E-state index contributed by atoms with van der Waals surface area (Å²) in [7, 11) is 0. The van der Waals surface area contributed by atoms with E-state index < -0.39 is 11.9 Å². The Balaban J connectivity index is 1.72. The molecule has 100 valence electrons. The zero-order valence-electron chi connectivity index (χ0n) is 9.62. The Morgan fingerprint density at radius 2 is 1.79 bits per heavy atom. The highest BCUT2D eigenvalue weighted by Crippen LogP contribution is 2.30. The van der Waals surface area contributed by atoms with Gasteiger partial charge in [-0.25, -0.2) is 9.97 Å². The number of hydrogen-bond donors (Lipinski definition) is 0. The monoisotopic (exact) mass is 270 g/mol. The van der Waals surface area contributed by atoms with Gasteiger partial charge in [-0.2, -0.15) is 28.2 Å². The summed E-state index contributed by atoms with van der Waals surface area (Å²) in [6.07, 6.45) is -0.219. The number of alkyl halides is 3. The fourth-order valence-electron chi connectivity index (χ4n) is 1.84. The molecule has 0 saturated carbocycles. The number of aromatic nitrogens is 5. The van der Waals surface area contributed by atoms with E-state index in [1.54, 1.807) is 17.3 Å². The summed E-state index contributed by atoms with van der Waals surface area (Å²) in [5, 5.41) is 7.96. The Morgan fingerprint density at radius 1 is 1.11 bits per heavy atom. The maximum atomic E-state index is 12.5. The first-order valence-corrected chi connectivity index (χ1v) is 5.55. The third-order valence-corrected chi connectivity index (χ3v) is 2.84. The van der Waals surface area contributed by atoms with Gasteiger partial charge in [-0.1, -0.05) is 0 Å². The van der Waals surface area contributed by atoms with Crippen LogP contribution in [0.4, 0.5) is 19.1 Å². The molecule has 1 fully saturated rings. The molecule has 0 aromatic carbocycles. The van der Waals surface area contributed by atoms with Crippen molar-refractivity contribution in [2.24, 2.45) is 0 Å². The molecule has 0 amide bonds. The largest absolute Gasteiger partial charge is 0.433 e. The molecule has 0 atom stereocenters. The van der Waals surface area contributed by atoms with E-state index in [2.05, 4.69) is 20.2 Å². The van der Waals surface area contributed by atoms with Crippen LogP contribution in [0.3, 0.4) is 0 Å². The summed E-state index contributed by atoms with van der Waals surface area (Å²) >= 11 is 0. The van der Waals surface area contributed by atoms with Gasteiger partial charge >= 0.3 is 6.18 Å². The molecular formula is C10H9F3N6. The van der Waals surface area contributed by atoms with Crippen molar-refractivity contribution in [1.82, 2.24) is 25.0 Å². The lowest BCUT2D eigenvalue weighted by molar-refractivity contribution is -0.141. The van der Waals surface area contributed by atoms with Crippen LogP contribution in [0.1, 0.15) is 11.7 Å². The Morgan fingerprint density at radius 3 is 2.42 bits per heavy atom. The quantitative estimate of drug-likeness (QED) is 0.819. The third kappa shape index (κ3) is 2.23. The number of rotatable bonds is 2. The molecule has 6 nitrogen and oxygen atoms in total. The zero-order valence-corrected chi connectivity index (χ0v) is 9.62. The summed E-state index contributed by atoms with van der Waals surface area (Å²) in [6.45, 7) is 0.992. The van der Waals surface area contributed by atoms with Crippen LogP contribution in [0.25, 0.3) is 0 Å².